The highest BCUT2D eigenvalue weighted by atomic mass is 79.9. The molecule has 4 aromatic rings. The topological polar surface area (TPSA) is 105 Å². The number of methoxy groups -OCH3 is 2. The van der Waals surface area contributed by atoms with Gasteiger partial charge in [-0.1, -0.05) is 95.4 Å². The molecule has 0 aliphatic heterocycles. The van der Waals surface area contributed by atoms with Crippen LogP contribution in [0.5, 0.6) is 11.5 Å². The number of nitrogens with one attached hydrogen (secondary N) is 1. The van der Waals surface area contributed by atoms with Gasteiger partial charge in [0.2, 0.25) is 11.8 Å². The van der Waals surface area contributed by atoms with Crippen LogP contribution < -0.4 is 19.1 Å². The van der Waals surface area contributed by atoms with Gasteiger partial charge in [0.15, 0.2) is 11.5 Å². The molecule has 11 heteroatoms. The molecule has 1 aliphatic rings. The fraction of sp³-hybridized carbons (Fsp3) is 0.333. The molecule has 1 fully saturated rings. The first-order valence-electron chi connectivity index (χ1n) is 16.8. The molecule has 0 unspecified atom stereocenters. The zero-order chi connectivity index (χ0) is 35.7. The van der Waals surface area contributed by atoms with E-state index in [0.717, 1.165) is 57.6 Å². The van der Waals surface area contributed by atoms with Gasteiger partial charge in [-0.05, 0) is 67.3 Å². The lowest BCUT2D eigenvalue weighted by molar-refractivity contribution is -0.140. The van der Waals surface area contributed by atoms with Crippen molar-refractivity contribution in [2.24, 2.45) is 0 Å². The zero-order valence-electron chi connectivity index (χ0n) is 28.7. The Hall–Kier alpha value is -4.35. The third-order valence-corrected chi connectivity index (χ3v) is 11.3. The maximum absolute atomic E-state index is 14.8. The number of aryl methyl sites for hydroxylation is 1. The molecule has 1 aliphatic carbocycles. The van der Waals surface area contributed by atoms with E-state index in [1.165, 1.54) is 37.3 Å². The van der Waals surface area contributed by atoms with E-state index in [4.69, 9.17) is 9.47 Å². The summed E-state index contributed by atoms with van der Waals surface area (Å²) in [6.45, 7) is 1.40. The van der Waals surface area contributed by atoms with Crippen molar-refractivity contribution in [3.8, 4) is 11.5 Å². The number of benzene rings is 4. The summed E-state index contributed by atoms with van der Waals surface area (Å²) in [4.78, 5) is 30.7. The van der Waals surface area contributed by atoms with Crippen molar-refractivity contribution < 1.29 is 27.5 Å². The molecular formula is C39H44BrN3O6S. The Morgan fingerprint density at radius 1 is 0.840 bits per heavy atom. The van der Waals surface area contributed by atoms with E-state index in [0.29, 0.717) is 11.5 Å². The molecule has 1 N–H and O–H groups in total. The van der Waals surface area contributed by atoms with Crippen molar-refractivity contribution >= 4 is 43.5 Å². The van der Waals surface area contributed by atoms with Crippen molar-refractivity contribution in [2.75, 3.05) is 25.1 Å². The smallest absolute Gasteiger partial charge is 0.264 e. The van der Waals surface area contributed by atoms with Gasteiger partial charge in [0.05, 0.1) is 24.8 Å². The molecule has 0 radical (unpaired) electrons. The number of ether oxygens (including phenoxy) is 2. The van der Waals surface area contributed by atoms with Crippen molar-refractivity contribution in [2.45, 2.75) is 69.0 Å². The number of carbonyl (C=O) groups excluding carboxylic acids is 2. The van der Waals surface area contributed by atoms with Crippen molar-refractivity contribution in [1.82, 2.24) is 10.2 Å². The highest BCUT2D eigenvalue weighted by molar-refractivity contribution is 9.10. The molecule has 1 atom stereocenters. The van der Waals surface area contributed by atoms with Crippen LogP contribution in [-0.2, 0) is 32.6 Å². The third kappa shape index (κ3) is 9.25. The lowest BCUT2D eigenvalue weighted by Gasteiger charge is -2.35. The molecule has 2 amide bonds. The first kappa shape index (κ1) is 36.9. The highest BCUT2D eigenvalue weighted by Gasteiger charge is 2.35. The monoisotopic (exact) mass is 761 g/mol. The molecule has 50 heavy (non-hydrogen) atoms. The fourth-order valence-electron chi connectivity index (χ4n) is 6.23. The minimum Gasteiger partial charge on any atom is -0.493 e. The molecule has 0 saturated heterocycles. The molecule has 0 heterocycles. The molecule has 1 saturated carbocycles. The van der Waals surface area contributed by atoms with Crippen molar-refractivity contribution in [1.29, 1.82) is 0 Å². The number of nitrogens with zero attached hydrogens (tertiary/aromatic N) is 2. The van der Waals surface area contributed by atoms with Crippen molar-refractivity contribution in [3.05, 3.63) is 118 Å². The number of hydrogen-bond donors (Lipinski definition) is 1. The summed E-state index contributed by atoms with van der Waals surface area (Å²) in [6, 6.07) is 27.4. The summed E-state index contributed by atoms with van der Waals surface area (Å²) in [6.07, 6.45) is 5.22. The van der Waals surface area contributed by atoms with Crippen LogP contribution >= 0.6 is 15.9 Å². The van der Waals surface area contributed by atoms with Crippen molar-refractivity contribution in [3.63, 3.8) is 0 Å². The summed E-state index contributed by atoms with van der Waals surface area (Å²) >= 11 is 3.48. The summed E-state index contributed by atoms with van der Waals surface area (Å²) in [5.74, 6) is -0.0695. The molecule has 9 nitrogen and oxygen atoms in total. The van der Waals surface area contributed by atoms with Crippen LogP contribution in [0.2, 0.25) is 0 Å². The Morgan fingerprint density at radius 3 is 2.14 bits per heavy atom. The second-order valence-electron chi connectivity index (χ2n) is 12.6. The lowest BCUT2D eigenvalue weighted by Crippen LogP contribution is -2.55. The van der Waals surface area contributed by atoms with E-state index in [1.807, 2.05) is 61.5 Å². The molecule has 0 aromatic heterocycles. The average Bonchev–Trinajstić information content (AvgIpc) is 3.13. The van der Waals surface area contributed by atoms with Gasteiger partial charge in [0.1, 0.15) is 12.6 Å². The Balaban J connectivity index is 1.59. The van der Waals surface area contributed by atoms with E-state index in [-0.39, 0.29) is 35.5 Å². The zero-order valence-corrected chi connectivity index (χ0v) is 31.1. The van der Waals surface area contributed by atoms with Crippen LogP contribution in [0.3, 0.4) is 0 Å². The van der Waals surface area contributed by atoms with Gasteiger partial charge in [0.25, 0.3) is 10.0 Å². The molecule has 0 spiro atoms. The Kier molecular flexibility index (Phi) is 12.6. The van der Waals surface area contributed by atoms with Crippen LogP contribution in [0.25, 0.3) is 0 Å². The van der Waals surface area contributed by atoms with E-state index >= 15 is 0 Å². The molecule has 0 bridgehead atoms. The number of sulfonamides is 1. The summed E-state index contributed by atoms with van der Waals surface area (Å²) in [5.41, 5.74) is 2.79. The van der Waals surface area contributed by atoms with E-state index in [1.54, 1.807) is 24.3 Å². The maximum atomic E-state index is 14.8. The Bertz CT molecular complexity index is 1850. The van der Waals surface area contributed by atoms with E-state index in [2.05, 4.69) is 21.2 Å². The van der Waals surface area contributed by atoms with Gasteiger partial charge < -0.3 is 19.7 Å². The highest BCUT2D eigenvalue weighted by Crippen LogP contribution is 2.34. The summed E-state index contributed by atoms with van der Waals surface area (Å²) in [5, 5.41) is 3.24. The van der Waals surface area contributed by atoms with Gasteiger partial charge in [-0.25, -0.2) is 8.42 Å². The van der Waals surface area contributed by atoms with Gasteiger partial charge >= 0.3 is 0 Å². The second kappa shape index (κ2) is 17.0. The number of anilines is 1. The third-order valence-electron chi connectivity index (χ3n) is 9.03. The quantitative estimate of drug-likeness (QED) is 0.148. The summed E-state index contributed by atoms with van der Waals surface area (Å²) < 4.78 is 41.7. The molecular weight excluding hydrogens is 718 g/mol. The van der Waals surface area contributed by atoms with Gasteiger partial charge in [0, 0.05) is 29.5 Å². The Labute approximate surface area is 303 Å². The number of rotatable bonds is 14. The number of hydrogen-bond acceptors (Lipinski definition) is 6. The number of amides is 2. The predicted molar refractivity (Wildman–Crippen MR) is 199 cm³/mol. The lowest BCUT2D eigenvalue weighted by atomic mass is 9.94. The van der Waals surface area contributed by atoms with Crippen LogP contribution in [0, 0.1) is 6.92 Å². The first-order valence-corrected chi connectivity index (χ1v) is 19.0. The largest absolute Gasteiger partial charge is 0.493 e. The standard InChI is InChI=1S/C39H44BrN3O6S/c1-28-14-21-34(22-15-28)50(46,47)43(33-20-23-36(48-2)37(25-33)49-3)27-38(44)42(26-30-16-18-31(40)19-17-30)35(24-29-10-6-4-7-11-29)39(45)41-32-12-8-5-9-13-32/h4,6-7,10-11,14-23,25,32,35H,5,8-9,12-13,24,26-27H2,1-3H3,(H,41,45)/t35-/m0/s1. The minimum atomic E-state index is -4.27. The van der Waals surface area contributed by atoms with Crippen LogP contribution in [0.1, 0.15) is 48.8 Å². The molecule has 4 aromatic carbocycles. The van der Waals surface area contributed by atoms with Crippen LogP contribution in [-0.4, -0.2) is 58.0 Å². The normalized spacial score (nSPS) is 14.0. The minimum absolute atomic E-state index is 0.0179. The van der Waals surface area contributed by atoms with Gasteiger partial charge in [-0.15, -0.1) is 0 Å². The maximum Gasteiger partial charge on any atom is 0.264 e. The van der Waals surface area contributed by atoms with Crippen LogP contribution in [0.4, 0.5) is 5.69 Å². The average molecular weight is 763 g/mol. The van der Waals surface area contributed by atoms with E-state index < -0.39 is 28.5 Å². The predicted octanol–water partition coefficient (Wildman–Crippen LogP) is 7.06. The molecule has 5 rings (SSSR count). The Morgan fingerprint density at radius 2 is 1.50 bits per heavy atom. The number of carbonyl (C=O) groups is 2. The number of halogens is 1. The SMILES string of the molecule is COc1ccc(N(CC(=O)N(Cc2ccc(Br)cc2)[C@@H](Cc2ccccc2)C(=O)NC2CCCCC2)S(=O)(=O)c2ccc(C)cc2)cc1OC. The fourth-order valence-corrected chi connectivity index (χ4v) is 7.90. The van der Waals surface area contributed by atoms with E-state index in [9.17, 15) is 18.0 Å². The summed E-state index contributed by atoms with van der Waals surface area (Å²) in [7, 11) is -1.31. The van der Waals surface area contributed by atoms with Crippen LogP contribution in [0.15, 0.2) is 106 Å². The molecule has 264 valence electrons. The van der Waals surface area contributed by atoms with Gasteiger partial charge in [-0.2, -0.15) is 0 Å². The van der Waals surface area contributed by atoms with Gasteiger partial charge in [-0.3, -0.25) is 13.9 Å². The second-order valence-corrected chi connectivity index (χ2v) is 15.3. The first-order chi connectivity index (χ1) is 24.1.